The molecule has 0 unspecified atom stereocenters. The Labute approximate surface area is 108 Å². The minimum absolute atomic E-state index is 0.288. The van der Waals surface area contributed by atoms with Crippen molar-refractivity contribution in [3.63, 3.8) is 0 Å². The molecule has 98 valence electrons. The molecule has 19 heavy (non-hydrogen) atoms. The highest BCUT2D eigenvalue weighted by Gasteiger charge is 2.13. The number of nitrogens with zero attached hydrogens (tertiary/aromatic N) is 3. The first-order valence-corrected chi connectivity index (χ1v) is 5.88. The first-order valence-electron chi connectivity index (χ1n) is 5.88. The number of benzene rings is 1. The molecule has 0 fully saturated rings. The van der Waals surface area contributed by atoms with Gasteiger partial charge in [-0.3, -0.25) is 0 Å². The lowest BCUT2D eigenvalue weighted by Crippen LogP contribution is -2.04. The van der Waals surface area contributed by atoms with E-state index in [1.807, 2.05) is 6.92 Å². The molecule has 2 N–H and O–H groups in total. The molecule has 0 amide bonds. The monoisotopic (exact) mass is 260 g/mol. The third-order valence-electron chi connectivity index (χ3n) is 3.02. The number of nitrogen functional groups attached to an aromatic ring is 1. The summed E-state index contributed by atoms with van der Waals surface area (Å²) < 4.78 is 20.7. The summed E-state index contributed by atoms with van der Waals surface area (Å²) >= 11 is 0. The fourth-order valence-corrected chi connectivity index (χ4v) is 2.04. The van der Waals surface area contributed by atoms with Crippen molar-refractivity contribution in [3.8, 4) is 0 Å². The van der Waals surface area contributed by atoms with Crippen molar-refractivity contribution in [1.82, 2.24) is 14.5 Å². The quantitative estimate of drug-likeness (QED) is 0.768. The van der Waals surface area contributed by atoms with Crippen molar-refractivity contribution in [1.29, 1.82) is 0 Å². The second kappa shape index (κ2) is 4.08. The lowest BCUT2D eigenvalue weighted by molar-refractivity contribution is 0.461. The molecule has 6 heteroatoms. The molecule has 0 aliphatic heterocycles. The SMILES string of the molecule is Cc1cnc(Cn2c(N)nc3cc(F)c(C)cc32)o1. The normalized spacial score (nSPS) is 11.3. The van der Waals surface area contributed by atoms with E-state index in [1.165, 1.54) is 6.07 Å². The summed E-state index contributed by atoms with van der Waals surface area (Å²) in [5.74, 6) is 1.31. The highest BCUT2D eigenvalue weighted by molar-refractivity contribution is 5.79. The smallest absolute Gasteiger partial charge is 0.214 e. The summed E-state index contributed by atoms with van der Waals surface area (Å²) in [6.07, 6.45) is 1.65. The zero-order chi connectivity index (χ0) is 13.6. The molecule has 0 bridgehead atoms. The van der Waals surface area contributed by atoms with E-state index in [0.29, 0.717) is 29.5 Å². The number of oxazole rings is 1. The Morgan fingerprint density at radius 3 is 2.84 bits per heavy atom. The molecule has 0 aliphatic carbocycles. The van der Waals surface area contributed by atoms with Crippen molar-refractivity contribution in [2.45, 2.75) is 20.4 Å². The molecular formula is C13H13FN4O. The maximum atomic E-state index is 13.5. The number of anilines is 1. The summed E-state index contributed by atoms with van der Waals surface area (Å²) in [7, 11) is 0. The standard InChI is InChI=1S/C13H13FN4O/c1-7-3-11-10(4-9(7)14)17-13(15)18(11)6-12-16-5-8(2)19-12/h3-5H,6H2,1-2H3,(H2,15,17). The number of aryl methyl sites for hydroxylation is 2. The molecule has 0 spiro atoms. The molecule has 5 nitrogen and oxygen atoms in total. The van der Waals surface area contributed by atoms with Gasteiger partial charge >= 0.3 is 0 Å². The Hall–Kier alpha value is -2.37. The van der Waals surface area contributed by atoms with Crippen LogP contribution in [0.1, 0.15) is 17.2 Å². The topological polar surface area (TPSA) is 69.9 Å². The van der Waals surface area contributed by atoms with E-state index >= 15 is 0 Å². The van der Waals surface area contributed by atoms with Crippen molar-refractivity contribution in [3.05, 3.63) is 41.4 Å². The van der Waals surface area contributed by atoms with Crippen molar-refractivity contribution in [2.75, 3.05) is 5.73 Å². The van der Waals surface area contributed by atoms with Gasteiger partial charge in [-0.05, 0) is 25.5 Å². The van der Waals surface area contributed by atoms with Crippen LogP contribution in [0.25, 0.3) is 11.0 Å². The van der Waals surface area contributed by atoms with Crippen LogP contribution in [-0.4, -0.2) is 14.5 Å². The lowest BCUT2D eigenvalue weighted by atomic mass is 10.2. The van der Waals surface area contributed by atoms with Crippen LogP contribution in [-0.2, 0) is 6.54 Å². The number of imidazole rings is 1. The zero-order valence-corrected chi connectivity index (χ0v) is 10.6. The predicted octanol–water partition coefficient (Wildman–Crippen LogP) is 2.41. The van der Waals surface area contributed by atoms with Crippen LogP contribution < -0.4 is 5.73 Å². The molecule has 1 aromatic carbocycles. The van der Waals surface area contributed by atoms with E-state index in [0.717, 1.165) is 11.3 Å². The van der Waals surface area contributed by atoms with Gasteiger partial charge in [-0.25, -0.2) is 14.4 Å². The Balaban J connectivity index is 2.12. The van der Waals surface area contributed by atoms with Crippen LogP contribution in [0.2, 0.25) is 0 Å². The second-order valence-corrected chi connectivity index (χ2v) is 4.51. The van der Waals surface area contributed by atoms with Crippen LogP contribution in [0.3, 0.4) is 0 Å². The van der Waals surface area contributed by atoms with Crippen molar-refractivity contribution in [2.24, 2.45) is 0 Å². The third-order valence-corrected chi connectivity index (χ3v) is 3.02. The van der Waals surface area contributed by atoms with Gasteiger partial charge < -0.3 is 14.7 Å². The summed E-state index contributed by atoms with van der Waals surface area (Å²) in [5.41, 5.74) is 7.72. The van der Waals surface area contributed by atoms with Gasteiger partial charge in [0.25, 0.3) is 0 Å². The first kappa shape index (κ1) is 11.7. The van der Waals surface area contributed by atoms with E-state index in [1.54, 1.807) is 23.8 Å². The average Bonchev–Trinajstić information content (AvgIpc) is 2.87. The number of nitrogens with two attached hydrogens (primary N) is 1. The number of halogens is 1. The molecular weight excluding hydrogens is 247 g/mol. The molecule has 3 rings (SSSR count). The van der Waals surface area contributed by atoms with Gasteiger partial charge in [-0.15, -0.1) is 0 Å². The van der Waals surface area contributed by atoms with E-state index in [4.69, 9.17) is 10.2 Å². The van der Waals surface area contributed by atoms with Gasteiger partial charge in [-0.1, -0.05) is 0 Å². The number of aromatic nitrogens is 3. The Bertz CT molecular complexity index is 759. The summed E-state index contributed by atoms with van der Waals surface area (Å²) in [6, 6.07) is 3.11. The Morgan fingerprint density at radius 1 is 1.37 bits per heavy atom. The molecule has 2 aromatic heterocycles. The zero-order valence-electron chi connectivity index (χ0n) is 10.6. The van der Waals surface area contributed by atoms with Crippen LogP contribution >= 0.6 is 0 Å². The largest absolute Gasteiger partial charge is 0.444 e. The van der Waals surface area contributed by atoms with Crippen LogP contribution in [0.5, 0.6) is 0 Å². The molecule has 0 aliphatic rings. The first-order chi connectivity index (χ1) is 9.04. The van der Waals surface area contributed by atoms with Crippen LogP contribution in [0.15, 0.2) is 22.7 Å². The summed E-state index contributed by atoms with van der Waals surface area (Å²) in [5, 5.41) is 0. The minimum Gasteiger partial charge on any atom is -0.444 e. The highest BCUT2D eigenvalue weighted by atomic mass is 19.1. The maximum absolute atomic E-state index is 13.5. The molecule has 0 saturated heterocycles. The third kappa shape index (κ3) is 1.95. The van der Waals surface area contributed by atoms with Gasteiger partial charge in [0.1, 0.15) is 18.1 Å². The van der Waals surface area contributed by atoms with Crippen LogP contribution in [0.4, 0.5) is 10.3 Å². The molecule has 0 atom stereocenters. The minimum atomic E-state index is -0.288. The number of hydrogen-bond donors (Lipinski definition) is 1. The van der Waals surface area contributed by atoms with Gasteiger partial charge in [0.05, 0.1) is 17.2 Å². The number of fused-ring (bicyclic) bond motifs is 1. The Kier molecular flexibility index (Phi) is 2.51. The number of rotatable bonds is 2. The maximum Gasteiger partial charge on any atom is 0.214 e. The highest BCUT2D eigenvalue weighted by Crippen LogP contribution is 2.22. The summed E-state index contributed by atoms with van der Waals surface area (Å²) in [4.78, 5) is 8.28. The Morgan fingerprint density at radius 2 is 2.16 bits per heavy atom. The van der Waals surface area contributed by atoms with E-state index < -0.39 is 0 Å². The van der Waals surface area contributed by atoms with Gasteiger partial charge in [0, 0.05) is 6.07 Å². The fraction of sp³-hybridized carbons (Fsp3) is 0.231. The molecule has 2 heterocycles. The van der Waals surface area contributed by atoms with E-state index in [-0.39, 0.29) is 5.82 Å². The van der Waals surface area contributed by atoms with E-state index in [2.05, 4.69) is 9.97 Å². The average molecular weight is 260 g/mol. The van der Waals surface area contributed by atoms with Gasteiger partial charge in [0.15, 0.2) is 0 Å². The summed E-state index contributed by atoms with van der Waals surface area (Å²) in [6.45, 7) is 3.91. The van der Waals surface area contributed by atoms with Crippen molar-refractivity contribution < 1.29 is 8.81 Å². The molecule has 0 radical (unpaired) electrons. The van der Waals surface area contributed by atoms with Crippen molar-refractivity contribution >= 4 is 17.0 Å². The predicted molar refractivity (Wildman–Crippen MR) is 69.2 cm³/mol. The van der Waals surface area contributed by atoms with E-state index in [9.17, 15) is 4.39 Å². The lowest BCUT2D eigenvalue weighted by Gasteiger charge is -2.04. The molecule has 0 saturated carbocycles. The fourth-order valence-electron chi connectivity index (χ4n) is 2.04. The van der Waals surface area contributed by atoms with Crippen LogP contribution in [0, 0.1) is 19.7 Å². The molecule has 3 aromatic rings. The van der Waals surface area contributed by atoms with Gasteiger partial charge in [-0.2, -0.15) is 0 Å². The van der Waals surface area contributed by atoms with Gasteiger partial charge in [0.2, 0.25) is 11.8 Å². The number of hydrogen-bond acceptors (Lipinski definition) is 4. The second-order valence-electron chi connectivity index (χ2n) is 4.51.